The van der Waals surface area contributed by atoms with E-state index in [9.17, 15) is 4.39 Å². The van der Waals surface area contributed by atoms with E-state index in [0.29, 0.717) is 5.33 Å². The van der Waals surface area contributed by atoms with Crippen LogP contribution < -0.4 is 4.90 Å². The van der Waals surface area contributed by atoms with Crippen LogP contribution in [-0.2, 0) is 5.33 Å². The monoisotopic (exact) mass is 285 g/mol. The highest BCUT2D eigenvalue weighted by Crippen LogP contribution is 2.39. The molecule has 2 unspecified atom stereocenters. The number of rotatable bonds is 4. The minimum atomic E-state index is -0.161. The molecule has 1 aromatic carbocycles. The zero-order valence-corrected chi connectivity index (χ0v) is 11.3. The fourth-order valence-corrected chi connectivity index (χ4v) is 2.59. The summed E-state index contributed by atoms with van der Waals surface area (Å²) in [7, 11) is 2.09. The molecule has 0 N–H and O–H groups in total. The van der Waals surface area contributed by atoms with E-state index in [1.54, 1.807) is 6.07 Å². The van der Waals surface area contributed by atoms with Crippen molar-refractivity contribution in [3.05, 3.63) is 29.6 Å². The van der Waals surface area contributed by atoms with Gasteiger partial charge in [0.25, 0.3) is 0 Å². The lowest BCUT2D eigenvalue weighted by molar-refractivity contribution is 0.626. The van der Waals surface area contributed by atoms with E-state index in [0.717, 1.165) is 29.6 Å². The van der Waals surface area contributed by atoms with Crippen molar-refractivity contribution in [3.8, 4) is 0 Å². The molecule has 0 heterocycles. The Morgan fingerprint density at radius 2 is 2.19 bits per heavy atom. The normalized spacial score (nSPS) is 23.2. The van der Waals surface area contributed by atoms with Crippen molar-refractivity contribution in [3.63, 3.8) is 0 Å². The van der Waals surface area contributed by atoms with Crippen LogP contribution in [0.5, 0.6) is 0 Å². The third kappa shape index (κ3) is 2.57. The number of anilines is 1. The molecule has 1 aliphatic rings. The van der Waals surface area contributed by atoms with Crippen LogP contribution in [0.4, 0.5) is 10.1 Å². The Hall–Kier alpha value is -0.570. The molecule has 1 aliphatic carbocycles. The first-order valence-corrected chi connectivity index (χ1v) is 6.79. The summed E-state index contributed by atoms with van der Waals surface area (Å²) in [6.45, 7) is 3.36. The summed E-state index contributed by atoms with van der Waals surface area (Å²) in [5.74, 6) is 1.51. The van der Waals surface area contributed by atoms with Gasteiger partial charge in [0.15, 0.2) is 0 Å². The van der Waals surface area contributed by atoms with Crippen molar-refractivity contribution in [1.29, 1.82) is 0 Å². The fraction of sp³-hybridized carbons (Fsp3) is 0.538. The van der Waals surface area contributed by atoms with E-state index in [1.807, 2.05) is 6.07 Å². The Balaban J connectivity index is 2.12. The number of nitrogens with zero attached hydrogens (tertiary/aromatic N) is 1. The van der Waals surface area contributed by atoms with Crippen molar-refractivity contribution in [2.45, 2.75) is 18.7 Å². The first kappa shape index (κ1) is 11.9. The molecule has 3 heteroatoms. The Labute approximate surface area is 105 Å². The van der Waals surface area contributed by atoms with Gasteiger partial charge in [-0.25, -0.2) is 4.39 Å². The number of hydrogen-bond donors (Lipinski definition) is 0. The molecule has 1 saturated carbocycles. The van der Waals surface area contributed by atoms with Crippen molar-refractivity contribution >= 4 is 21.6 Å². The molecule has 1 fully saturated rings. The second kappa shape index (κ2) is 4.74. The molecular formula is C13H17BrFN. The Bertz CT molecular complexity index is 380. The minimum Gasteiger partial charge on any atom is -0.374 e. The van der Waals surface area contributed by atoms with Crippen LogP contribution >= 0.6 is 15.9 Å². The summed E-state index contributed by atoms with van der Waals surface area (Å²) in [6.07, 6.45) is 1.33. The molecule has 0 bridgehead atoms. The molecule has 0 aromatic heterocycles. The van der Waals surface area contributed by atoms with E-state index < -0.39 is 0 Å². The van der Waals surface area contributed by atoms with Crippen LogP contribution in [0.1, 0.15) is 18.9 Å². The van der Waals surface area contributed by atoms with Crippen LogP contribution in [0.15, 0.2) is 18.2 Å². The van der Waals surface area contributed by atoms with Gasteiger partial charge in [-0.3, -0.25) is 0 Å². The van der Waals surface area contributed by atoms with Gasteiger partial charge in [-0.15, -0.1) is 0 Å². The highest BCUT2D eigenvalue weighted by molar-refractivity contribution is 9.08. The van der Waals surface area contributed by atoms with Gasteiger partial charge in [-0.1, -0.05) is 22.9 Å². The van der Waals surface area contributed by atoms with Crippen LogP contribution in [0.3, 0.4) is 0 Å². The predicted molar refractivity (Wildman–Crippen MR) is 69.6 cm³/mol. The third-order valence-corrected chi connectivity index (χ3v) is 3.99. The van der Waals surface area contributed by atoms with Gasteiger partial charge in [0.2, 0.25) is 0 Å². The smallest absolute Gasteiger partial charge is 0.123 e. The van der Waals surface area contributed by atoms with Crippen LogP contribution in [0.2, 0.25) is 0 Å². The van der Waals surface area contributed by atoms with E-state index in [2.05, 4.69) is 34.8 Å². The summed E-state index contributed by atoms with van der Waals surface area (Å²) in [5.41, 5.74) is 2.16. The van der Waals surface area contributed by atoms with Gasteiger partial charge in [0.05, 0.1) is 0 Å². The molecule has 2 rings (SSSR count). The van der Waals surface area contributed by atoms with Gasteiger partial charge in [0.1, 0.15) is 5.82 Å². The Kier molecular flexibility index (Phi) is 3.53. The lowest BCUT2D eigenvalue weighted by atomic mass is 10.1. The highest BCUT2D eigenvalue weighted by Gasteiger charge is 2.33. The molecule has 0 spiro atoms. The topological polar surface area (TPSA) is 3.24 Å². The van der Waals surface area contributed by atoms with Gasteiger partial charge in [-0.05, 0) is 42.0 Å². The second-order valence-electron chi connectivity index (χ2n) is 4.76. The molecular weight excluding hydrogens is 269 g/mol. The van der Waals surface area contributed by atoms with Crippen LogP contribution in [0, 0.1) is 17.7 Å². The molecule has 1 aromatic rings. The van der Waals surface area contributed by atoms with E-state index >= 15 is 0 Å². The molecule has 1 nitrogen and oxygen atoms in total. The number of halogens is 2. The summed E-state index contributed by atoms with van der Waals surface area (Å²) in [6, 6.07) is 5.02. The predicted octanol–water partition coefficient (Wildman–Crippen LogP) is 3.81. The number of alkyl halides is 1. The lowest BCUT2D eigenvalue weighted by Gasteiger charge is -2.22. The van der Waals surface area contributed by atoms with Gasteiger partial charge in [0, 0.05) is 24.6 Å². The summed E-state index contributed by atoms with van der Waals surface area (Å²) in [5, 5.41) is 0.699. The van der Waals surface area contributed by atoms with Crippen molar-refractivity contribution in [1.82, 2.24) is 0 Å². The van der Waals surface area contributed by atoms with Crippen LogP contribution in [0.25, 0.3) is 0 Å². The Morgan fingerprint density at radius 3 is 2.75 bits per heavy atom. The largest absolute Gasteiger partial charge is 0.374 e. The Morgan fingerprint density at radius 1 is 1.50 bits per heavy atom. The van der Waals surface area contributed by atoms with Crippen molar-refractivity contribution < 1.29 is 4.39 Å². The highest BCUT2D eigenvalue weighted by atomic mass is 79.9. The minimum absolute atomic E-state index is 0.161. The average molecular weight is 286 g/mol. The first-order valence-electron chi connectivity index (χ1n) is 5.67. The van der Waals surface area contributed by atoms with Gasteiger partial charge in [-0.2, -0.15) is 0 Å². The maximum Gasteiger partial charge on any atom is 0.123 e. The fourth-order valence-electron chi connectivity index (χ4n) is 2.14. The summed E-state index contributed by atoms with van der Waals surface area (Å²) in [4.78, 5) is 2.24. The standard InChI is InChI=1S/C13H17BrFN/c1-9-5-11(9)8-16(2)13-4-3-12(15)6-10(13)7-14/h3-4,6,9,11H,5,7-8H2,1-2H3. The summed E-state index contributed by atoms with van der Waals surface area (Å²) >= 11 is 3.41. The van der Waals surface area contributed by atoms with E-state index in [1.165, 1.54) is 12.5 Å². The third-order valence-electron chi connectivity index (χ3n) is 3.38. The molecule has 88 valence electrons. The number of benzene rings is 1. The van der Waals surface area contributed by atoms with E-state index in [-0.39, 0.29) is 5.82 Å². The molecule has 0 aliphatic heterocycles. The van der Waals surface area contributed by atoms with Gasteiger partial charge >= 0.3 is 0 Å². The van der Waals surface area contributed by atoms with Crippen LogP contribution in [-0.4, -0.2) is 13.6 Å². The van der Waals surface area contributed by atoms with Gasteiger partial charge < -0.3 is 4.90 Å². The van der Waals surface area contributed by atoms with E-state index in [4.69, 9.17) is 0 Å². The summed E-state index contributed by atoms with van der Waals surface area (Å²) < 4.78 is 13.1. The second-order valence-corrected chi connectivity index (χ2v) is 5.32. The zero-order chi connectivity index (χ0) is 11.7. The SMILES string of the molecule is CC1CC1CN(C)c1ccc(F)cc1CBr. The first-order chi connectivity index (χ1) is 7.61. The van der Waals surface area contributed by atoms with Crippen molar-refractivity contribution in [2.24, 2.45) is 11.8 Å². The maximum atomic E-state index is 13.1. The molecule has 0 saturated heterocycles. The van der Waals surface area contributed by atoms with Crippen molar-refractivity contribution in [2.75, 3.05) is 18.5 Å². The molecule has 0 amide bonds. The lowest BCUT2D eigenvalue weighted by Crippen LogP contribution is -2.21. The molecule has 2 atom stereocenters. The average Bonchev–Trinajstić information content (AvgIpc) is 2.93. The number of hydrogen-bond acceptors (Lipinski definition) is 1. The molecule has 0 radical (unpaired) electrons. The molecule has 16 heavy (non-hydrogen) atoms. The zero-order valence-electron chi connectivity index (χ0n) is 9.71. The maximum absolute atomic E-state index is 13.1. The quantitative estimate of drug-likeness (QED) is 0.761.